The number of phenolic OH excluding ortho intramolecular Hbond substituents is 2. The average molecular weight is 499 g/mol. The Labute approximate surface area is 206 Å². The summed E-state index contributed by atoms with van der Waals surface area (Å²) < 4.78 is 0. The number of thioether (sulfide) groups is 2. The fourth-order valence-corrected chi connectivity index (χ4v) is 6.36. The summed E-state index contributed by atoms with van der Waals surface area (Å²) in [6.45, 7) is 0.249. The van der Waals surface area contributed by atoms with Crippen LogP contribution in [0, 0.1) is 0 Å². The molecule has 0 aliphatic heterocycles. The first-order chi connectivity index (χ1) is 16.5. The van der Waals surface area contributed by atoms with Crippen LogP contribution in [0.15, 0.2) is 46.2 Å². The van der Waals surface area contributed by atoms with Gasteiger partial charge < -0.3 is 20.4 Å². The molecule has 0 saturated heterocycles. The smallest absolute Gasteiger partial charge is 0.198 e. The lowest BCUT2D eigenvalue weighted by Gasteiger charge is -2.22. The average Bonchev–Trinajstić information content (AvgIpc) is 2.85. The van der Waals surface area contributed by atoms with Gasteiger partial charge in [-0.2, -0.15) is 0 Å². The molecule has 1 aliphatic carbocycles. The summed E-state index contributed by atoms with van der Waals surface area (Å²) in [6, 6.07) is 9.95. The lowest BCUT2D eigenvalue weighted by molar-refractivity contribution is 0.0974. The van der Waals surface area contributed by atoms with Crippen molar-refractivity contribution in [1.82, 2.24) is 0 Å². The van der Waals surface area contributed by atoms with Crippen molar-refractivity contribution in [1.29, 1.82) is 0 Å². The van der Waals surface area contributed by atoms with Crippen LogP contribution < -0.4 is 0 Å². The summed E-state index contributed by atoms with van der Waals surface area (Å²) in [5.74, 6) is -0.0503. The van der Waals surface area contributed by atoms with Gasteiger partial charge in [-0.1, -0.05) is 24.3 Å². The number of unbranched alkanes of at least 4 members (excludes halogenated alkanes) is 2. The Morgan fingerprint density at radius 3 is 1.44 bits per heavy atom. The summed E-state index contributed by atoms with van der Waals surface area (Å²) in [4.78, 5) is 28.2. The molecule has 34 heavy (non-hydrogen) atoms. The standard InChI is InChI=1S/C26H26O6S2/c27-9-3-5-11-33-19-13-17-18(14-20(19)34-12-6-4-10-28)26(32)22-21(25(17)31)23(29)15-7-1-2-8-16(15)24(22)30/h1-2,7-8,13-14,27-28,31-32H,3-6,9-12H2. The summed E-state index contributed by atoms with van der Waals surface area (Å²) in [7, 11) is 0. The minimum atomic E-state index is -0.487. The highest BCUT2D eigenvalue weighted by Crippen LogP contribution is 2.47. The van der Waals surface area contributed by atoms with E-state index in [0.29, 0.717) is 23.6 Å². The second-order valence-corrected chi connectivity index (χ2v) is 10.3. The molecule has 178 valence electrons. The van der Waals surface area contributed by atoms with E-state index in [0.717, 1.165) is 34.1 Å². The van der Waals surface area contributed by atoms with Crippen molar-refractivity contribution >= 4 is 45.9 Å². The minimum absolute atomic E-state index is 0.124. The molecule has 3 aromatic rings. The number of aliphatic hydroxyl groups excluding tert-OH is 2. The number of aromatic hydroxyl groups is 2. The van der Waals surface area contributed by atoms with Gasteiger partial charge in [-0.15, -0.1) is 23.5 Å². The fraction of sp³-hybridized carbons (Fsp3) is 0.308. The van der Waals surface area contributed by atoms with Crippen LogP contribution in [0.25, 0.3) is 10.8 Å². The van der Waals surface area contributed by atoms with Crippen LogP contribution in [0.4, 0.5) is 0 Å². The molecule has 0 atom stereocenters. The molecule has 0 amide bonds. The first kappa shape index (κ1) is 24.6. The van der Waals surface area contributed by atoms with E-state index in [4.69, 9.17) is 10.2 Å². The molecule has 0 saturated carbocycles. The van der Waals surface area contributed by atoms with Crippen LogP contribution in [0.5, 0.6) is 11.5 Å². The number of rotatable bonds is 10. The van der Waals surface area contributed by atoms with E-state index >= 15 is 0 Å². The zero-order valence-corrected chi connectivity index (χ0v) is 20.2. The highest BCUT2D eigenvalue weighted by atomic mass is 32.2. The van der Waals surface area contributed by atoms with Crippen LogP contribution in [-0.2, 0) is 0 Å². The van der Waals surface area contributed by atoms with Crippen molar-refractivity contribution < 1.29 is 30.0 Å². The molecule has 6 nitrogen and oxygen atoms in total. The monoisotopic (exact) mass is 498 g/mol. The van der Waals surface area contributed by atoms with E-state index < -0.39 is 11.6 Å². The van der Waals surface area contributed by atoms with Crippen LogP contribution in [0.2, 0.25) is 0 Å². The van der Waals surface area contributed by atoms with Gasteiger partial charge in [0.1, 0.15) is 11.5 Å². The molecule has 0 fully saturated rings. The molecule has 0 spiro atoms. The number of ketones is 2. The fourth-order valence-electron chi connectivity index (χ4n) is 4.07. The number of carbonyl (C=O) groups excluding carboxylic acids is 2. The van der Waals surface area contributed by atoms with Gasteiger partial charge in [-0.05, 0) is 49.3 Å². The van der Waals surface area contributed by atoms with Crippen LogP contribution in [-0.4, -0.2) is 56.7 Å². The van der Waals surface area contributed by atoms with Crippen molar-refractivity contribution in [3.8, 4) is 11.5 Å². The van der Waals surface area contributed by atoms with E-state index in [1.165, 1.54) is 0 Å². The second kappa shape index (κ2) is 10.8. The van der Waals surface area contributed by atoms with Crippen molar-refractivity contribution in [2.45, 2.75) is 35.5 Å². The van der Waals surface area contributed by atoms with E-state index in [1.807, 2.05) is 0 Å². The Balaban J connectivity index is 1.84. The van der Waals surface area contributed by atoms with E-state index in [2.05, 4.69) is 0 Å². The van der Waals surface area contributed by atoms with Crippen molar-refractivity contribution in [3.05, 3.63) is 58.7 Å². The molecule has 1 aliphatic rings. The SMILES string of the molecule is O=C1c2ccccc2C(=O)c2c1c(O)c1cc(SCCCCO)c(SCCCCO)cc1c2O. The molecule has 0 unspecified atom stereocenters. The molecule has 8 heteroatoms. The Morgan fingerprint density at radius 2 is 1.06 bits per heavy atom. The zero-order chi connectivity index (χ0) is 24.2. The Kier molecular flexibility index (Phi) is 7.83. The second-order valence-electron chi connectivity index (χ2n) is 8.05. The molecule has 0 heterocycles. The lowest BCUT2D eigenvalue weighted by atomic mass is 9.81. The van der Waals surface area contributed by atoms with Gasteiger partial charge in [0.25, 0.3) is 0 Å². The topological polar surface area (TPSA) is 115 Å². The summed E-state index contributed by atoms with van der Waals surface area (Å²) in [6.07, 6.45) is 3.02. The predicted octanol–water partition coefficient (Wildman–Crippen LogP) is 4.76. The number of benzene rings is 3. The van der Waals surface area contributed by atoms with Crippen LogP contribution >= 0.6 is 23.5 Å². The van der Waals surface area contributed by atoms with Gasteiger partial charge in [0, 0.05) is 44.9 Å². The van der Waals surface area contributed by atoms with Gasteiger partial charge in [-0.3, -0.25) is 9.59 Å². The number of aliphatic hydroxyl groups is 2. The van der Waals surface area contributed by atoms with E-state index in [-0.39, 0.29) is 47.0 Å². The Bertz CT molecular complexity index is 1160. The van der Waals surface area contributed by atoms with E-state index in [9.17, 15) is 19.8 Å². The summed E-state index contributed by atoms with van der Waals surface area (Å²) >= 11 is 3.16. The number of carbonyl (C=O) groups is 2. The number of fused-ring (bicyclic) bond motifs is 3. The molecule has 0 aromatic heterocycles. The summed E-state index contributed by atoms with van der Waals surface area (Å²) in [5.41, 5.74) is 0.106. The highest BCUT2D eigenvalue weighted by Gasteiger charge is 2.36. The maximum absolute atomic E-state index is 13.2. The third kappa shape index (κ3) is 4.55. The van der Waals surface area contributed by atoms with Crippen LogP contribution in [0.3, 0.4) is 0 Å². The number of phenols is 2. The first-order valence-electron chi connectivity index (χ1n) is 11.2. The van der Waals surface area contributed by atoms with E-state index in [1.54, 1.807) is 59.9 Å². The third-order valence-corrected chi connectivity index (χ3v) is 8.22. The van der Waals surface area contributed by atoms with Crippen molar-refractivity contribution in [2.24, 2.45) is 0 Å². The van der Waals surface area contributed by atoms with Gasteiger partial charge in [0.2, 0.25) is 0 Å². The highest BCUT2D eigenvalue weighted by molar-refractivity contribution is 8.02. The van der Waals surface area contributed by atoms with Gasteiger partial charge in [0.15, 0.2) is 11.6 Å². The molecule has 0 radical (unpaired) electrons. The van der Waals surface area contributed by atoms with Crippen molar-refractivity contribution in [3.63, 3.8) is 0 Å². The summed E-state index contributed by atoms with van der Waals surface area (Å²) in [5, 5.41) is 41.1. The molecular formula is C26H26O6S2. The Hall–Kier alpha value is -2.52. The van der Waals surface area contributed by atoms with Crippen molar-refractivity contribution in [2.75, 3.05) is 24.7 Å². The molecule has 4 rings (SSSR count). The normalized spacial score (nSPS) is 12.8. The number of hydrogen-bond acceptors (Lipinski definition) is 8. The largest absolute Gasteiger partial charge is 0.506 e. The quantitative estimate of drug-likeness (QED) is 0.141. The first-order valence-corrected chi connectivity index (χ1v) is 13.2. The molecule has 4 N–H and O–H groups in total. The van der Waals surface area contributed by atoms with Gasteiger partial charge in [-0.25, -0.2) is 0 Å². The zero-order valence-electron chi connectivity index (χ0n) is 18.5. The third-order valence-electron chi connectivity index (χ3n) is 5.81. The molecular weight excluding hydrogens is 472 g/mol. The van der Waals surface area contributed by atoms with Gasteiger partial charge in [0.05, 0.1) is 11.1 Å². The Morgan fingerprint density at radius 1 is 0.647 bits per heavy atom. The lowest BCUT2D eigenvalue weighted by Crippen LogP contribution is -2.21. The molecule has 3 aromatic carbocycles. The van der Waals surface area contributed by atoms with Crippen LogP contribution in [0.1, 0.15) is 57.5 Å². The molecule has 0 bridgehead atoms. The maximum atomic E-state index is 13.2. The predicted molar refractivity (Wildman–Crippen MR) is 135 cm³/mol. The van der Waals surface area contributed by atoms with Gasteiger partial charge >= 0.3 is 0 Å². The number of hydrogen-bond donors (Lipinski definition) is 4. The minimum Gasteiger partial charge on any atom is -0.506 e. The maximum Gasteiger partial charge on any atom is 0.198 e.